The molecule has 0 unspecified atom stereocenters. The number of urea groups is 1. The topological polar surface area (TPSA) is 113 Å². The maximum Gasteiger partial charge on any atom is 0.417 e. The molecule has 3 amide bonds. The van der Waals surface area contributed by atoms with Crippen LogP contribution in [0.5, 0.6) is 0 Å². The molecule has 0 aliphatic carbocycles. The molecule has 1 aromatic heterocycles. The minimum atomic E-state index is -4.75. The van der Waals surface area contributed by atoms with Crippen molar-refractivity contribution in [3.63, 3.8) is 0 Å². The molecule has 8 nitrogen and oxygen atoms in total. The normalized spacial score (nSPS) is 12.1. The zero-order chi connectivity index (χ0) is 28.5. The average Bonchev–Trinajstić information content (AvgIpc) is 3.31. The molecular weight excluding hydrogens is 570 g/mol. The Bertz CT molecular complexity index is 1520. The molecule has 212 valence electrons. The van der Waals surface area contributed by atoms with Gasteiger partial charge in [0, 0.05) is 28.6 Å². The number of nitrogens with two attached hydrogens (primary N) is 1. The van der Waals surface area contributed by atoms with Crippen molar-refractivity contribution in [2.45, 2.75) is 26.1 Å². The molecule has 40 heavy (non-hydrogen) atoms. The van der Waals surface area contributed by atoms with E-state index in [4.69, 9.17) is 17.3 Å². The van der Waals surface area contributed by atoms with Gasteiger partial charge in [-0.3, -0.25) is 10.0 Å². The number of halogens is 5. The molecule has 0 saturated carbocycles. The summed E-state index contributed by atoms with van der Waals surface area (Å²) in [6.45, 7) is 3.74. The number of carbonyl (C=O) groups excluding carboxylic acids is 2. The first kappa shape index (κ1) is 30.8. The van der Waals surface area contributed by atoms with Crippen molar-refractivity contribution in [1.29, 1.82) is 0 Å². The molecule has 4 rings (SSSR count). The molecule has 0 radical (unpaired) electrons. The van der Waals surface area contributed by atoms with Crippen LogP contribution in [0.1, 0.15) is 19.4 Å². The number of aromatic nitrogens is 1. The van der Waals surface area contributed by atoms with Crippen LogP contribution in [0.4, 0.5) is 35.0 Å². The highest BCUT2D eigenvalue weighted by Crippen LogP contribution is 2.37. The van der Waals surface area contributed by atoms with E-state index < -0.39 is 34.5 Å². The Hall–Kier alpha value is -3.77. The van der Waals surface area contributed by atoms with Crippen molar-refractivity contribution in [3.8, 4) is 5.69 Å². The van der Waals surface area contributed by atoms with Crippen molar-refractivity contribution in [2.75, 3.05) is 15.7 Å². The van der Waals surface area contributed by atoms with Crippen LogP contribution in [0, 0.1) is 5.92 Å². The highest BCUT2D eigenvalue weighted by Gasteiger charge is 2.34. The SMILES string of the molecule is CC(C)[C@H](N)C(=O)Nc1ccc2c(ccn2-c2ccc(NC(=O)N(O)c3ccc(Cl)c(C(F)(F)F)c3)cc2)c1.Cl. The summed E-state index contributed by atoms with van der Waals surface area (Å²) in [5.41, 5.74) is 6.88. The van der Waals surface area contributed by atoms with Gasteiger partial charge in [0.1, 0.15) is 0 Å². The lowest BCUT2D eigenvalue weighted by atomic mass is 10.0. The van der Waals surface area contributed by atoms with Crippen LogP contribution in [0.2, 0.25) is 5.02 Å². The first-order chi connectivity index (χ1) is 18.3. The highest BCUT2D eigenvalue weighted by atomic mass is 35.5. The fraction of sp³-hybridized carbons (Fsp3) is 0.185. The number of nitrogens with zero attached hydrogens (tertiary/aromatic N) is 2. The van der Waals surface area contributed by atoms with Gasteiger partial charge >= 0.3 is 12.2 Å². The van der Waals surface area contributed by atoms with Crippen molar-refractivity contribution in [1.82, 2.24) is 4.57 Å². The monoisotopic (exact) mass is 595 g/mol. The fourth-order valence-electron chi connectivity index (χ4n) is 3.84. The number of carbonyl (C=O) groups is 2. The summed E-state index contributed by atoms with van der Waals surface area (Å²) in [6, 6.07) is 14.9. The van der Waals surface area contributed by atoms with Gasteiger partial charge in [-0.05, 0) is 72.6 Å². The summed E-state index contributed by atoms with van der Waals surface area (Å²) in [5.74, 6) is -0.262. The fourth-order valence-corrected chi connectivity index (χ4v) is 4.06. The Kier molecular flexibility index (Phi) is 9.36. The van der Waals surface area contributed by atoms with E-state index in [2.05, 4.69) is 10.6 Å². The zero-order valence-electron chi connectivity index (χ0n) is 21.2. The summed E-state index contributed by atoms with van der Waals surface area (Å²) in [4.78, 5) is 24.7. The number of alkyl halides is 3. The lowest BCUT2D eigenvalue weighted by Crippen LogP contribution is -2.39. The summed E-state index contributed by atoms with van der Waals surface area (Å²) in [5, 5.41) is 15.8. The van der Waals surface area contributed by atoms with E-state index in [0.717, 1.165) is 28.7 Å². The van der Waals surface area contributed by atoms with Gasteiger partial charge in [-0.15, -0.1) is 12.4 Å². The summed E-state index contributed by atoms with van der Waals surface area (Å²) in [6.07, 6.45) is -2.91. The second-order valence-corrected chi connectivity index (χ2v) is 9.58. The lowest BCUT2D eigenvalue weighted by molar-refractivity contribution is -0.137. The lowest BCUT2D eigenvalue weighted by Gasteiger charge is -2.18. The first-order valence-electron chi connectivity index (χ1n) is 11.8. The Labute approximate surface area is 238 Å². The number of hydrogen-bond donors (Lipinski definition) is 4. The van der Waals surface area contributed by atoms with Crippen LogP contribution in [0.3, 0.4) is 0 Å². The number of rotatable bonds is 6. The van der Waals surface area contributed by atoms with Gasteiger partial charge in [0.15, 0.2) is 0 Å². The number of amides is 3. The second-order valence-electron chi connectivity index (χ2n) is 9.17. The van der Waals surface area contributed by atoms with Gasteiger partial charge in [0.05, 0.1) is 27.8 Å². The van der Waals surface area contributed by atoms with Crippen LogP contribution in [-0.4, -0.2) is 27.8 Å². The van der Waals surface area contributed by atoms with Gasteiger partial charge in [-0.2, -0.15) is 18.2 Å². The van der Waals surface area contributed by atoms with Crippen LogP contribution in [0.25, 0.3) is 16.6 Å². The zero-order valence-corrected chi connectivity index (χ0v) is 22.8. The standard InChI is InChI=1S/C27H25ClF3N5O3.ClH/c1-15(2)24(32)25(37)33-18-5-10-23-16(13-18)11-12-35(23)19-6-3-17(4-7-19)34-26(38)36(39)20-8-9-22(28)21(14-20)27(29,30)31;/h3-15,24,39H,32H2,1-2H3,(H,33,37)(H,34,38);1H/t24-;/m0./s1. The molecule has 13 heteroatoms. The number of fused-ring (bicyclic) bond motifs is 1. The molecule has 0 saturated heterocycles. The van der Waals surface area contributed by atoms with Gasteiger partial charge in [0.2, 0.25) is 5.91 Å². The van der Waals surface area contributed by atoms with Crippen LogP contribution in [0.15, 0.2) is 72.9 Å². The Morgan fingerprint density at radius 2 is 1.62 bits per heavy atom. The molecule has 0 fully saturated rings. The summed E-state index contributed by atoms with van der Waals surface area (Å²) < 4.78 is 41.2. The number of hydrogen-bond acceptors (Lipinski definition) is 4. The smallest absolute Gasteiger partial charge is 0.325 e. The molecule has 1 atom stereocenters. The molecule has 5 N–H and O–H groups in total. The van der Waals surface area contributed by atoms with E-state index in [9.17, 15) is 28.0 Å². The predicted molar refractivity (Wildman–Crippen MR) is 152 cm³/mol. The van der Waals surface area contributed by atoms with E-state index in [1.165, 1.54) is 0 Å². The molecule has 1 heterocycles. The van der Waals surface area contributed by atoms with Crippen molar-refractivity contribution in [3.05, 3.63) is 83.5 Å². The maximum absolute atomic E-state index is 13.1. The third-order valence-corrected chi connectivity index (χ3v) is 6.40. The minimum absolute atomic E-state index is 0. The number of nitrogens with one attached hydrogen (secondary N) is 2. The van der Waals surface area contributed by atoms with Gasteiger partial charge in [-0.1, -0.05) is 25.4 Å². The molecule has 0 aliphatic rings. The van der Waals surface area contributed by atoms with Crippen molar-refractivity contribution >= 4 is 63.9 Å². The van der Waals surface area contributed by atoms with Crippen LogP contribution >= 0.6 is 24.0 Å². The second kappa shape index (κ2) is 12.2. The summed E-state index contributed by atoms with van der Waals surface area (Å²) >= 11 is 5.59. The molecule has 3 aromatic carbocycles. The van der Waals surface area contributed by atoms with Crippen LogP contribution < -0.4 is 21.4 Å². The van der Waals surface area contributed by atoms with Gasteiger partial charge in [-0.25, -0.2) is 4.79 Å². The molecule has 4 aromatic rings. The van der Waals surface area contributed by atoms with E-state index >= 15 is 0 Å². The minimum Gasteiger partial charge on any atom is -0.325 e. The number of hydroxylamine groups is 1. The molecule has 0 bridgehead atoms. The summed E-state index contributed by atoms with van der Waals surface area (Å²) in [7, 11) is 0. The molecular formula is C27H26Cl2F3N5O3. The average molecular weight is 596 g/mol. The number of anilines is 3. The van der Waals surface area contributed by atoms with E-state index in [1.807, 2.05) is 42.8 Å². The van der Waals surface area contributed by atoms with E-state index in [1.54, 1.807) is 30.3 Å². The van der Waals surface area contributed by atoms with Gasteiger partial charge < -0.3 is 20.9 Å². The third-order valence-electron chi connectivity index (χ3n) is 6.07. The third kappa shape index (κ3) is 6.68. The predicted octanol–water partition coefficient (Wildman–Crippen LogP) is 7.07. The number of benzene rings is 3. The van der Waals surface area contributed by atoms with Crippen LogP contribution in [-0.2, 0) is 11.0 Å². The van der Waals surface area contributed by atoms with E-state index in [0.29, 0.717) is 17.4 Å². The Morgan fingerprint density at radius 1 is 0.975 bits per heavy atom. The van der Waals surface area contributed by atoms with Crippen molar-refractivity contribution in [2.24, 2.45) is 11.7 Å². The maximum atomic E-state index is 13.1. The Morgan fingerprint density at radius 3 is 2.25 bits per heavy atom. The van der Waals surface area contributed by atoms with E-state index in [-0.39, 0.29) is 29.3 Å². The Balaban J connectivity index is 0.00000441. The van der Waals surface area contributed by atoms with Gasteiger partial charge in [0.25, 0.3) is 0 Å². The van der Waals surface area contributed by atoms with Crippen molar-refractivity contribution < 1.29 is 28.0 Å². The largest absolute Gasteiger partial charge is 0.417 e. The quantitative estimate of drug-likeness (QED) is 0.141. The first-order valence-corrected chi connectivity index (χ1v) is 12.2. The molecule has 0 spiro atoms. The highest BCUT2D eigenvalue weighted by molar-refractivity contribution is 6.31. The molecule has 0 aliphatic heterocycles.